The van der Waals surface area contributed by atoms with Gasteiger partial charge >= 0.3 is 0 Å². The largest absolute Gasteiger partial charge is 0.282 e. The van der Waals surface area contributed by atoms with Crippen molar-refractivity contribution in [2.24, 2.45) is 29.6 Å². The fraction of sp³-hybridized carbons (Fsp3) is 0.789. The fourth-order valence-corrected chi connectivity index (χ4v) is 4.54. The maximum atomic E-state index is 12.5. The van der Waals surface area contributed by atoms with Gasteiger partial charge in [0.2, 0.25) is 11.8 Å². The van der Waals surface area contributed by atoms with E-state index in [4.69, 9.17) is 0 Å². The first-order valence-electron chi connectivity index (χ1n) is 9.13. The highest BCUT2D eigenvalue weighted by atomic mass is 16.2. The van der Waals surface area contributed by atoms with Crippen molar-refractivity contribution >= 4 is 11.8 Å². The quantitative estimate of drug-likeness (QED) is 0.389. The zero-order valence-corrected chi connectivity index (χ0v) is 14.0. The lowest BCUT2D eigenvalue weighted by Crippen LogP contribution is -2.33. The second-order valence-electron chi connectivity index (χ2n) is 7.78. The molecular weight excluding hydrogens is 274 g/mol. The van der Waals surface area contributed by atoms with Gasteiger partial charge in [-0.25, -0.2) is 0 Å². The molecule has 0 aromatic carbocycles. The van der Waals surface area contributed by atoms with E-state index in [1.54, 1.807) is 4.90 Å². The van der Waals surface area contributed by atoms with E-state index >= 15 is 0 Å². The number of allylic oxidation sites excluding steroid dienone is 2. The van der Waals surface area contributed by atoms with Crippen LogP contribution >= 0.6 is 0 Å². The molecule has 0 spiro atoms. The Morgan fingerprint density at radius 3 is 2.09 bits per heavy atom. The highest BCUT2D eigenvalue weighted by Crippen LogP contribution is 2.52. The first-order valence-corrected chi connectivity index (χ1v) is 9.13. The topological polar surface area (TPSA) is 37.4 Å². The van der Waals surface area contributed by atoms with Crippen LogP contribution in [0.25, 0.3) is 0 Å². The fourth-order valence-electron chi connectivity index (χ4n) is 4.54. The lowest BCUT2D eigenvalue weighted by Gasteiger charge is -2.17. The van der Waals surface area contributed by atoms with Gasteiger partial charge in [0.15, 0.2) is 0 Å². The van der Waals surface area contributed by atoms with Gasteiger partial charge in [0, 0.05) is 6.54 Å². The molecule has 2 aliphatic carbocycles. The number of likely N-dealkylation sites (tertiary alicyclic amines) is 1. The molecule has 1 aliphatic heterocycles. The number of hydrogen-bond acceptors (Lipinski definition) is 2. The molecule has 1 saturated carbocycles. The SMILES string of the molecule is CC(C)CCCCCCCN1C(=O)C2C3C=CC(C3)C2C1=O. The van der Waals surface area contributed by atoms with Crippen molar-refractivity contribution in [1.82, 2.24) is 4.90 Å². The van der Waals surface area contributed by atoms with Crippen LogP contribution in [-0.4, -0.2) is 23.3 Å². The van der Waals surface area contributed by atoms with Gasteiger partial charge in [0.25, 0.3) is 0 Å². The first-order chi connectivity index (χ1) is 10.6. The molecule has 3 aliphatic rings. The second-order valence-corrected chi connectivity index (χ2v) is 7.78. The molecule has 2 amide bonds. The van der Waals surface area contributed by atoms with E-state index in [1.807, 2.05) is 0 Å². The van der Waals surface area contributed by atoms with Gasteiger partial charge in [-0.3, -0.25) is 14.5 Å². The van der Waals surface area contributed by atoms with E-state index in [0.717, 1.165) is 25.2 Å². The van der Waals surface area contributed by atoms with Crippen LogP contribution in [0.3, 0.4) is 0 Å². The Bertz CT molecular complexity index is 438. The minimum absolute atomic E-state index is 0.0199. The van der Waals surface area contributed by atoms with Crippen LogP contribution < -0.4 is 0 Å². The summed E-state index contributed by atoms with van der Waals surface area (Å²) in [5.74, 6) is 1.67. The molecule has 22 heavy (non-hydrogen) atoms. The van der Waals surface area contributed by atoms with Crippen LogP contribution in [0.15, 0.2) is 12.2 Å². The highest BCUT2D eigenvalue weighted by Gasteiger charge is 2.58. The second kappa shape index (κ2) is 6.55. The molecule has 1 heterocycles. The van der Waals surface area contributed by atoms with Crippen molar-refractivity contribution in [3.63, 3.8) is 0 Å². The molecule has 0 aromatic heterocycles. The molecule has 3 nitrogen and oxygen atoms in total. The van der Waals surface area contributed by atoms with Crippen LogP contribution in [0.1, 0.15) is 58.8 Å². The monoisotopic (exact) mass is 303 g/mol. The molecule has 1 saturated heterocycles. The molecule has 0 radical (unpaired) electrons. The molecule has 3 heteroatoms. The van der Waals surface area contributed by atoms with Gasteiger partial charge in [-0.1, -0.05) is 58.1 Å². The third kappa shape index (κ3) is 2.87. The minimum atomic E-state index is -0.0199. The third-order valence-electron chi connectivity index (χ3n) is 5.72. The summed E-state index contributed by atoms with van der Waals surface area (Å²) in [6.07, 6.45) is 12.6. The Morgan fingerprint density at radius 1 is 0.955 bits per heavy atom. The number of unbranched alkanes of at least 4 members (excludes halogenated alkanes) is 4. The summed E-state index contributed by atoms with van der Waals surface area (Å²) in [4.78, 5) is 26.6. The Labute approximate surface area is 134 Å². The van der Waals surface area contributed by atoms with Gasteiger partial charge in [-0.05, 0) is 30.6 Å². The Kier molecular flexibility index (Phi) is 4.70. The zero-order chi connectivity index (χ0) is 15.7. The Morgan fingerprint density at radius 2 is 1.50 bits per heavy atom. The number of nitrogens with zero attached hydrogens (tertiary/aromatic N) is 1. The van der Waals surface area contributed by atoms with Crippen molar-refractivity contribution in [1.29, 1.82) is 0 Å². The minimum Gasteiger partial charge on any atom is -0.282 e. The average Bonchev–Trinajstić information content (AvgIpc) is 3.14. The molecule has 4 unspecified atom stereocenters. The summed E-state index contributed by atoms with van der Waals surface area (Å²) in [7, 11) is 0. The van der Waals surface area contributed by atoms with E-state index in [1.165, 1.54) is 25.7 Å². The number of carbonyl (C=O) groups excluding carboxylic acids is 2. The summed E-state index contributed by atoms with van der Waals surface area (Å²) in [6, 6.07) is 0. The molecule has 0 aromatic rings. The zero-order valence-electron chi connectivity index (χ0n) is 14.0. The number of carbonyl (C=O) groups is 2. The summed E-state index contributed by atoms with van der Waals surface area (Å²) >= 11 is 0. The maximum absolute atomic E-state index is 12.5. The van der Waals surface area contributed by atoms with E-state index in [0.29, 0.717) is 18.4 Å². The molecule has 122 valence electrons. The standard InChI is InChI=1S/C19H29NO2/c1-13(2)8-6-4-3-5-7-11-20-18(21)16-14-9-10-15(12-14)17(16)19(20)22/h9-10,13-17H,3-8,11-12H2,1-2H3. The predicted octanol–water partition coefficient (Wildman–Crippen LogP) is 3.79. The van der Waals surface area contributed by atoms with E-state index in [9.17, 15) is 9.59 Å². The Hall–Kier alpha value is -1.12. The van der Waals surface area contributed by atoms with Gasteiger partial charge in [0.1, 0.15) is 0 Å². The van der Waals surface area contributed by atoms with Crippen LogP contribution in [0.4, 0.5) is 0 Å². The van der Waals surface area contributed by atoms with Crippen molar-refractivity contribution in [3.05, 3.63) is 12.2 Å². The highest BCUT2D eigenvalue weighted by molar-refractivity contribution is 6.06. The van der Waals surface area contributed by atoms with Crippen molar-refractivity contribution in [2.75, 3.05) is 6.54 Å². The van der Waals surface area contributed by atoms with Crippen LogP contribution in [-0.2, 0) is 9.59 Å². The van der Waals surface area contributed by atoms with E-state index < -0.39 is 0 Å². The van der Waals surface area contributed by atoms with E-state index in [-0.39, 0.29) is 23.7 Å². The molecular formula is C19H29NO2. The third-order valence-corrected chi connectivity index (χ3v) is 5.72. The molecule has 4 atom stereocenters. The summed E-state index contributed by atoms with van der Waals surface area (Å²) in [5, 5.41) is 0. The summed E-state index contributed by atoms with van der Waals surface area (Å²) in [5.41, 5.74) is 0. The average molecular weight is 303 g/mol. The Balaban J connectivity index is 1.39. The van der Waals surface area contributed by atoms with Crippen LogP contribution in [0.5, 0.6) is 0 Å². The van der Waals surface area contributed by atoms with E-state index in [2.05, 4.69) is 26.0 Å². The number of fused-ring (bicyclic) bond motifs is 5. The first kappa shape index (κ1) is 15.8. The molecule has 0 N–H and O–H groups in total. The van der Waals surface area contributed by atoms with Gasteiger partial charge in [-0.2, -0.15) is 0 Å². The molecule has 2 bridgehead atoms. The van der Waals surface area contributed by atoms with Gasteiger partial charge < -0.3 is 0 Å². The summed E-state index contributed by atoms with van der Waals surface area (Å²) in [6.45, 7) is 5.18. The normalized spacial score (nSPS) is 32.6. The smallest absolute Gasteiger partial charge is 0.233 e. The maximum Gasteiger partial charge on any atom is 0.233 e. The number of imide groups is 1. The van der Waals surface area contributed by atoms with Crippen molar-refractivity contribution in [2.45, 2.75) is 58.8 Å². The van der Waals surface area contributed by atoms with Gasteiger partial charge in [-0.15, -0.1) is 0 Å². The van der Waals surface area contributed by atoms with Crippen LogP contribution in [0, 0.1) is 29.6 Å². The molecule has 3 rings (SSSR count). The number of hydrogen-bond donors (Lipinski definition) is 0. The van der Waals surface area contributed by atoms with Crippen molar-refractivity contribution < 1.29 is 9.59 Å². The molecule has 2 fully saturated rings. The number of amides is 2. The lowest BCUT2D eigenvalue weighted by atomic mass is 9.85. The van der Waals surface area contributed by atoms with Crippen LogP contribution in [0.2, 0.25) is 0 Å². The van der Waals surface area contributed by atoms with Crippen molar-refractivity contribution in [3.8, 4) is 0 Å². The lowest BCUT2D eigenvalue weighted by molar-refractivity contribution is -0.140. The predicted molar refractivity (Wildman–Crippen MR) is 87.0 cm³/mol. The summed E-state index contributed by atoms with van der Waals surface area (Å²) < 4.78 is 0. The number of rotatable bonds is 8. The van der Waals surface area contributed by atoms with Gasteiger partial charge in [0.05, 0.1) is 11.8 Å².